The molecule has 0 aliphatic carbocycles. The van der Waals surface area contributed by atoms with Crippen LogP contribution in [0.1, 0.15) is 22.3 Å². The molecule has 0 atom stereocenters. The average Bonchev–Trinajstić information content (AvgIpc) is 2.77. The minimum absolute atomic E-state index is 0.367. The van der Waals surface area contributed by atoms with Crippen LogP contribution >= 0.6 is 0 Å². The van der Waals surface area contributed by atoms with Gasteiger partial charge in [-0.2, -0.15) is 0 Å². The molecule has 1 aliphatic heterocycles. The highest BCUT2D eigenvalue weighted by Crippen LogP contribution is 2.34. The van der Waals surface area contributed by atoms with Crippen molar-refractivity contribution in [2.75, 3.05) is 0 Å². The molecular formula is C26H16F2N2. The van der Waals surface area contributed by atoms with Gasteiger partial charge in [0.1, 0.15) is 11.6 Å². The average molecular weight is 394 g/mol. The molecule has 1 heterocycles. The van der Waals surface area contributed by atoms with Crippen molar-refractivity contribution in [1.82, 2.24) is 0 Å². The molecule has 0 bridgehead atoms. The lowest BCUT2D eigenvalue weighted by Crippen LogP contribution is -2.10. The molecule has 4 heteroatoms. The Balaban J connectivity index is 1.86. The minimum Gasteiger partial charge on any atom is -0.247 e. The molecule has 0 fully saturated rings. The fourth-order valence-electron chi connectivity index (χ4n) is 3.58. The Bertz CT molecular complexity index is 1190. The lowest BCUT2D eigenvalue weighted by Gasteiger charge is -2.18. The Morgan fingerprint density at radius 3 is 1.27 bits per heavy atom. The SMILES string of the molecule is Fc1ccc2c(c1)C(c1ccccc1)=Nc1ccc(F)cc1C(c1ccccc1)=N2. The Hall–Kier alpha value is -3.92. The van der Waals surface area contributed by atoms with Gasteiger partial charge in [0.2, 0.25) is 0 Å². The fourth-order valence-corrected chi connectivity index (χ4v) is 3.58. The number of fused-ring (bicyclic) bond motifs is 2. The third-order valence-corrected chi connectivity index (χ3v) is 4.99. The standard InChI is InChI=1S/C26H16F2N2/c27-19-11-13-23-21(15-19)25(17-7-3-1-4-8-17)29-24-14-12-20(28)16-22(24)26(30-23)18-9-5-2-6-10-18/h1-16H. The van der Waals surface area contributed by atoms with Gasteiger partial charge in [0.05, 0.1) is 22.8 Å². The van der Waals surface area contributed by atoms with Crippen LogP contribution in [0.5, 0.6) is 0 Å². The smallest absolute Gasteiger partial charge is 0.124 e. The van der Waals surface area contributed by atoms with Crippen LogP contribution in [0, 0.1) is 11.6 Å². The third-order valence-electron chi connectivity index (χ3n) is 4.99. The predicted molar refractivity (Wildman–Crippen MR) is 116 cm³/mol. The van der Waals surface area contributed by atoms with Crippen LogP contribution in [0.2, 0.25) is 0 Å². The van der Waals surface area contributed by atoms with E-state index in [1.54, 1.807) is 12.1 Å². The zero-order valence-electron chi connectivity index (χ0n) is 15.9. The van der Waals surface area contributed by atoms with Gasteiger partial charge in [-0.15, -0.1) is 0 Å². The van der Waals surface area contributed by atoms with E-state index in [0.717, 1.165) is 11.1 Å². The number of nitrogens with zero attached hydrogens (tertiary/aromatic N) is 2. The van der Waals surface area contributed by atoms with Crippen LogP contribution in [0.4, 0.5) is 20.2 Å². The van der Waals surface area contributed by atoms with Crippen LogP contribution < -0.4 is 0 Å². The van der Waals surface area contributed by atoms with Crippen molar-refractivity contribution in [2.45, 2.75) is 0 Å². The van der Waals surface area contributed by atoms with E-state index in [4.69, 9.17) is 9.98 Å². The normalized spacial score (nSPS) is 12.7. The van der Waals surface area contributed by atoms with E-state index in [0.29, 0.717) is 33.9 Å². The number of hydrogen-bond donors (Lipinski definition) is 0. The van der Waals surface area contributed by atoms with Gasteiger partial charge in [-0.1, -0.05) is 60.7 Å². The topological polar surface area (TPSA) is 24.7 Å². The summed E-state index contributed by atoms with van der Waals surface area (Å²) in [5, 5.41) is 0. The molecule has 4 aromatic carbocycles. The van der Waals surface area contributed by atoms with E-state index in [1.807, 2.05) is 60.7 Å². The second-order valence-corrected chi connectivity index (χ2v) is 6.98. The van der Waals surface area contributed by atoms with Crippen molar-refractivity contribution < 1.29 is 8.78 Å². The molecule has 0 N–H and O–H groups in total. The molecule has 0 spiro atoms. The first-order valence-electron chi connectivity index (χ1n) is 9.57. The Morgan fingerprint density at radius 2 is 0.867 bits per heavy atom. The summed E-state index contributed by atoms with van der Waals surface area (Å²) in [4.78, 5) is 9.74. The van der Waals surface area contributed by atoms with Crippen LogP contribution in [0.3, 0.4) is 0 Å². The molecule has 0 amide bonds. The molecule has 4 aromatic rings. The van der Waals surface area contributed by atoms with Gasteiger partial charge in [-0.05, 0) is 36.4 Å². The molecule has 30 heavy (non-hydrogen) atoms. The van der Waals surface area contributed by atoms with E-state index in [1.165, 1.54) is 24.3 Å². The predicted octanol–water partition coefficient (Wildman–Crippen LogP) is 6.62. The molecular weight excluding hydrogens is 378 g/mol. The molecule has 0 saturated carbocycles. The number of rotatable bonds is 2. The molecule has 0 unspecified atom stereocenters. The van der Waals surface area contributed by atoms with E-state index in [-0.39, 0.29) is 11.6 Å². The first-order valence-corrected chi connectivity index (χ1v) is 9.57. The molecule has 0 radical (unpaired) electrons. The number of benzene rings is 4. The molecule has 2 nitrogen and oxygen atoms in total. The maximum absolute atomic E-state index is 14.2. The number of aliphatic imine (C=N–C) groups is 2. The quantitative estimate of drug-likeness (QED) is 0.322. The molecule has 5 rings (SSSR count). The van der Waals surface area contributed by atoms with Gasteiger partial charge in [-0.25, -0.2) is 18.8 Å². The van der Waals surface area contributed by atoms with Crippen LogP contribution in [0.15, 0.2) is 107 Å². The third kappa shape index (κ3) is 3.33. The van der Waals surface area contributed by atoms with Gasteiger partial charge >= 0.3 is 0 Å². The summed E-state index contributed by atoms with van der Waals surface area (Å²) in [5.41, 5.74) is 5.17. The first kappa shape index (κ1) is 18.1. The second kappa shape index (κ2) is 7.48. The zero-order valence-corrected chi connectivity index (χ0v) is 15.9. The van der Waals surface area contributed by atoms with E-state index in [2.05, 4.69) is 0 Å². The summed E-state index contributed by atoms with van der Waals surface area (Å²) in [6.45, 7) is 0. The first-order chi connectivity index (χ1) is 14.7. The maximum Gasteiger partial charge on any atom is 0.124 e. The van der Waals surface area contributed by atoms with Crippen molar-refractivity contribution in [1.29, 1.82) is 0 Å². The van der Waals surface area contributed by atoms with Crippen molar-refractivity contribution in [3.05, 3.63) is 131 Å². The largest absolute Gasteiger partial charge is 0.247 e. The number of hydrogen-bond acceptors (Lipinski definition) is 2. The number of halogens is 2. The summed E-state index contributed by atoms with van der Waals surface area (Å²) in [6.07, 6.45) is 0. The van der Waals surface area contributed by atoms with Crippen LogP contribution in [0.25, 0.3) is 0 Å². The van der Waals surface area contributed by atoms with Crippen molar-refractivity contribution >= 4 is 22.8 Å². The van der Waals surface area contributed by atoms with Crippen molar-refractivity contribution in [2.24, 2.45) is 9.98 Å². The molecule has 144 valence electrons. The summed E-state index contributed by atoms with van der Waals surface area (Å²) >= 11 is 0. The van der Waals surface area contributed by atoms with Gasteiger partial charge in [0.25, 0.3) is 0 Å². The van der Waals surface area contributed by atoms with Crippen molar-refractivity contribution in [3.8, 4) is 0 Å². The fraction of sp³-hybridized carbons (Fsp3) is 0. The lowest BCUT2D eigenvalue weighted by atomic mass is 9.96. The highest BCUT2D eigenvalue weighted by molar-refractivity contribution is 6.22. The summed E-state index contributed by atoms with van der Waals surface area (Å²) in [6, 6.07) is 28.0. The summed E-state index contributed by atoms with van der Waals surface area (Å²) < 4.78 is 28.5. The van der Waals surface area contributed by atoms with E-state index in [9.17, 15) is 8.78 Å². The molecule has 0 aromatic heterocycles. The highest BCUT2D eigenvalue weighted by atomic mass is 19.1. The summed E-state index contributed by atoms with van der Waals surface area (Å²) in [5.74, 6) is -0.734. The van der Waals surface area contributed by atoms with Gasteiger partial charge in [0.15, 0.2) is 0 Å². The monoisotopic (exact) mass is 394 g/mol. The van der Waals surface area contributed by atoms with E-state index >= 15 is 0 Å². The van der Waals surface area contributed by atoms with E-state index < -0.39 is 0 Å². The Morgan fingerprint density at radius 1 is 0.467 bits per heavy atom. The van der Waals surface area contributed by atoms with Gasteiger partial charge in [0, 0.05) is 22.3 Å². The zero-order chi connectivity index (χ0) is 20.5. The molecule has 0 saturated heterocycles. The van der Waals surface area contributed by atoms with Gasteiger partial charge < -0.3 is 0 Å². The summed E-state index contributed by atoms with van der Waals surface area (Å²) in [7, 11) is 0. The minimum atomic E-state index is -0.367. The lowest BCUT2D eigenvalue weighted by molar-refractivity contribution is 0.627. The van der Waals surface area contributed by atoms with Crippen molar-refractivity contribution in [3.63, 3.8) is 0 Å². The van der Waals surface area contributed by atoms with Crippen LogP contribution in [-0.4, -0.2) is 11.4 Å². The molecule has 1 aliphatic rings. The maximum atomic E-state index is 14.2. The Labute approximate surface area is 172 Å². The Kier molecular flexibility index (Phi) is 4.52. The second-order valence-electron chi connectivity index (χ2n) is 6.98. The van der Waals surface area contributed by atoms with Crippen LogP contribution in [-0.2, 0) is 0 Å². The highest BCUT2D eigenvalue weighted by Gasteiger charge is 2.21. The van der Waals surface area contributed by atoms with Gasteiger partial charge in [-0.3, -0.25) is 0 Å².